The van der Waals surface area contributed by atoms with Gasteiger partial charge in [-0.1, -0.05) is 84.9 Å². The summed E-state index contributed by atoms with van der Waals surface area (Å²) in [5.41, 5.74) is 7.82. The molecule has 140 valence electrons. The highest BCUT2D eigenvalue weighted by molar-refractivity contribution is 6.25. The fourth-order valence-corrected chi connectivity index (χ4v) is 5.25. The fourth-order valence-electron chi connectivity index (χ4n) is 5.25. The topological polar surface area (TPSA) is 12.0 Å². The second kappa shape index (κ2) is 5.84. The van der Waals surface area contributed by atoms with Crippen LogP contribution in [0.3, 0.4) is 0 Å². The maximum absolute atomic E-state index is 3.65. The zero-order chi connectivity index (χ0) is 19.7. The van der Waals surface area contributed by atoms with Crippen molar-refractivity contribution >= 4 is 43.7 Å². The van der Waals surface area contributed by atoms with E-state index < -0.39 is 0 Å². The Bertz CT molecular complexity index is 1580. The van der Waals surface area contributed by atoms with E-state index in [1.54, 1.807) is 0 Å². The van der Waals surface area contributed by atoms with Gasteiger partial charge >= 0.3 is 0 Å². The van der Waals surface area contributed by atoms with Crippen molar-refractivity contribution in [3.8, 4) is 11.1 Å². The van der Waals surface area contributed by atoms with Crippen molar-refractivity contribution in [2.24, 2.45) is 0 Å². The van der Waals surface area contributed by atoms with E-state index in [1.165, 1.54) is 65.9 Å². The third-order valence-corrected chi connectivity index (χ3v) is 6.65. The summed E-state index contributed by atoms with van der Waals surface area (Å²) in [5, 5.41) is 11.7. The molecule has 0 spiro atoms. The molecule has 1 nitrogen and oxygen atoms in total. The maximum atomic E-state index is 3.65. The van der Waals surface area contributed by atoms with Gasteiger partial charge in [0.05, 0.1) is 0 Å². The summed E-state index contributed by atoms with van der Waals surface area (Å²) in [7, 11) is 0. The monoisotopic (exact) mass is 381 g/mol. The summed E-state index contributed by atoms with van der Waals surface area (Å²) in [5.74, 6) is 0. The third-order valence-electron chi connectivity index (χ3n) is 6.65. The molecule has 1 heterocycles. The average molecular weight is 381 g/mol. The quantitative estimate of drug-likeness (QED) is 0.285. The van der Waals surface area contributed by atoms with E-state index in [9.17, 15) is 0 Å². The van der Waals surface area contributed by atoms with E-state index in [1.807, 2.05) is 0 Å². The van der Waals surface area contributed by atoms with Gasteiger partial charge in [0.1, 0.15) is 0 Å². The number of nitrogens with one attached hydrogen (secondary N) is 1. The second-order valence-electron chi connectivity index (χ2n) is 8.26. The molecule has 0 aromatic heterocycles. The third kappa shape index (κ3) is 2.12. The lowest BCUT2D eigenvalue weighted by Gasteiger charge is -2.24. The number of fused-ring (bicyclic) bond motifs is 2. The molecule has 6 aromatic carbocycles. The van der Waals surface area contributed by atoms with Gasteiger partial charge in [0.15, 0.2) is 0 Å². The molecule has 1 N–H and O–H groups in total. The molecule has 0 amide bonds. The van der Waals surface area contributed by atoms with Gasteiger partial charge in [-0.2, -0.15) is 0 Å². The Morgan fingerprint density at radius 3 is 2.10 bits per heavy atom. The van der Waals surface area contributed by atoms with Crippen molar-refractivity contribution < 1.29 is 0 Å². The van der Waals surface area contributed by atoms with Gasteiger partial charge < -0.3 is 5.32 Å². The van der Waals surface area contributed by atoms with Crippen molar-refractivity contribution in [2.75, 3.05) is 5.32 Å². The molecule has 0 aliphatic carbocycles. The number of rotatable bonds is 1. The molecule has 6 aromatic rings. The largest absolute Gasteiger partial charge is 0.355 e. The molecule has 1 aliphatic rings. The maximum Gasteiger partial charge on any atom is 0.0426 e. The Morgan fingerprint density at radius 1 is 0.500 bits per heavy atom. The zero-order valence-corrected chi connectivity index (χ0v) is 16.4. The first-order chi connectivity index (χ1) is 14.9. The summed E-state index contributed by atoms with van der Waals surface area (Å²) >= 11 is 0. The Kier molecular flexibility index (Phi) is 3.12. The van der Waals surface area contributed by atoms with E-state index in [0.29, 0.717) is 0 Å². The van der Waals surface area contributed by atoms with Gasteiger partial charge in [0, 0.05) is 17.8 Å². The van der Waals surface area contributed by atoms with Crippen LogP contribution < -0.4 is 5.32 Å². The summed E-state index contributed by atoms with van der Waals surface area (Å²) in [6.45, 7) is 0. The Balaban J connectivity index is 1.54. The Morgan fingerprint density at radius 2 is 1.20 bits per heavy atom. The van der Waals surface area contributed by atoms with Gasteiger partial charge in [-0.25, -0.2) is 0 Å². The molecule has 0 radical (unpaired) electrons. The SMILES string of the molecule is c1ccc2c(c1)Cc1c(cccc1-c1ccc3ccc4cccc5ccc1c3c45)N2. The molecule has 0 unspecified atom stereocenters. The van der Waals surface area contributed by atoms with Gasteiger partial charge in [0.2, 0.25) is 0 Å². The van der Waals surface area contributed by atoms with Crippen molar-refractivity contribution in [3.63, 3.8) is 0 Å². The minimum Gasteiger partial charge on any atom is -0.355 e. The lowest BCUT2D eigenvalue weighted by molar-refractivity contribution is 1.16. The molecule has 0 bridgehead atoms. The molecule has 1 aliphatic heterocycles. The van der Waals surface area contributed by atoms with Crippen LogP contribution in [0.15, 0.2) is 97.1 Å². The normalized spacial score (nSPS) is 12.8. The van der Waals surface area contributed by atoms with Gasteiger partial charge in [-0.05, 0) is 66.7 Å². The van der Waals surface area contributed by atoms with Crippen molar-refractivity contribution in [3.05, 3.63) is 108 Å². The Labute approximate surface area is 174 Å². The van der Waals surface area contributed by atoms with Crippen LogP contribution in [-0.4, -0.2) is 0 Å². The van der Waals surface area contributed by atoms with Crippen LogP contribution in [-0.2, 0) is 6.42 Å². The van der Waals surface area contributed by atoms with E-state index in [0.717, 1.165) is 6.42 Å². The number of para-hydroxylation sites is 1. The molecule has 0 fully saturated rings. The molecular formula is C29H19N. The first kappa shape index (κ1) is 16.0. The van der Waals surface area contributed by atoms with Crippen molar-refractivity contribution in [1.82, 2.24) is 0 Å². The minimum absolute atomic E-state index is 0.955. The number of hydrogen-bond donors (Lipinski definition) is 1. The molecule has 7 rings (SSSR count). The van der Waals surface area contributed by atoms with Crippen LogP contribution in [0.2, 0.25) is 0 Å². The lowest BCUT2D eigenvalue weighted by Crippen LogP contribution is -2.07. The highest BCUT2D eigenvalue weighted by Gasteiger charge is 2.20. The molecule has 0 saturated carbocycles. The molecule has 0 saturated heterocycles. The first-order valence-corrected chi connectivity index (χ1v) is 10.5. The van der Waals surface area contributed by atoms with E-state index >= 15 is 0 Å². The highest BCUT2D eigenvalue weighted by Crippen LogP contribution is 2.43. The van der Waals surface area contributed by atoms with E-state index in [4.69, 9.17) is 0 Å². The van der Waals surface area contributed by atoms with Crippen LogP contribution in [0.5, 0.6) is 0 Å². The van der Waals surface area contributed by atoms with Gasteiger partial charge in [0.25, 0.3) is 0 Å². The van der Waals surface area contributed by atoms with E-state index in [2.05, 4.69) is 102 Å². The van der Waals surface area contributed by atoms with Gasteiger partial charge in [-0.15, -0.1) is 0 Å². The molecular weight excluding hydrogens is 362 g/mol. The van der Waals surface area contributed by atoms with Crippen molar-refractivity contribution in [1.29, 1.82) is 0 Å². The predicted molar refractivity (Wildman–Crippen MR) is 128 cm³/mol. The minimum atomic E-state index is 0.955. The van der Waals surface area contributed by atoms with Crippen LogP contribution >= 0.6 is 0 Å². The van der Waals surface area contributed by atoms with Crippen LogP contribution in [0, 0.1) is 0 Å². The molecule has 1 heteroatoms. The number of hydrogen-bond acceptors (Lipinski definition) is 1. The van der Waals surface area contributed by atoms with Crippen LogP contribution in [0.1, 0.15) is 11.1 Å². The summed E-state index contributed by atoms with van der Waals surface area (Å²) < 4.78 is 0. The average Bonchev–Trinajstić information content (AvgIpc) is 2.81. The van der Waals surface area contributed by atoms with Crippen LogP contribution in [0.4, 0.5) is 11.4 Å². The Hall–Kier alpha value is -3.84. The van der Waals surface area contributed by atoms with Crippen LogP contribution in [0.25, 0.3) is 43.4 Å². The summed E-state index contributed by atoms with van der Waals surface area (Å²) in [6, 6.07) is 35.5. The summed E-state index contributed by atoms with van der Waals surface area (Å²) in [4.78, 5) is 0. The predicted octanol–water partition coefficient (Wildman–Crippen LogP) is 7.90. The fraction of sp³-hybridized carbons (Fsp3) is 0.0345. The number of anilines is 2. The highest BCUT2D eigenvalue weighted by atomic mass is 14.9. The summed E-state index contributed by atoms with van der Waals surface area (Å²) in [6.07, 6.45) is 0.955. The second-order valence-corrected chi connectivity index (χ2v) is 8.26. The van der Waals surface area contributed by atoms with E-state index in [-0.39, 0.29) is 0 Å². The van der Waals surface area contributed by atoms with Crippen molar-refractivity contribution in [2.45, 2.75) is 6.42 Å². The molecule has 30 heavy (non-hydrogen) atoms. The smallest absolute Gasteiger partial charge is 0.0426 e. The van der Waals surface area contributed by atoms with Gasteiger partial charge in [-0.3, -0.25) is 0 Å². The first-order valence-electron chi connectivity index (χ1n) is 10.5. The standard InChI is InChI=1S/C29H19N/c1-2-9-26-21(5-1)17-25-22(8-4-10-27(25)30-26)23-15-13-20-12-11-18-6-3-7-19-14-16-24(23)29(20)28(18)19/h1-16,30H,17H2. The lowest BCUT2D eigenvalue weighted by atomic mass is 9.86. The zero-order valence-electron chi connectivity index (χ0n) is 16.4. The molecule has 0 atom stereocenters. The number of benzene rings is 6.